The molecule has 0 saturated heterocycles. The largest absolute Gasteiger partial charge is 0.481 e. The maximum atomic E-state index is 11.7. The van der Waals surface area contributed by atoms with E-state index in [0.29, 0.717) is 12.3 Å². The Bertz CT molecular complexity index is 246. The summed E-state index contributed by atoms with van der Waals surface area (Å²) in [6.07, 6.45) is 0.423. The van der Waals surface area contributed by atoms with E-state index in [1.807, 2.05) is 13.8 Å². The number of nitrogens with zero attached hydrogens (tertiary/aromatic N) is 1. The first-order valence-corrected chi connectivity index (χ1v) is 5.15. The number of amides is 1. The number of carboxylic acids is 1. The van der Waals surface area contributed by atoms with Crippen molar-refractivity contribution in [2.75, 3.05) is 7.05 Å². The van der Waals surface area contributed by atoms with Gasteiger partial charge in [0, 0.05) is 19.0 Å². The SMILES string of the molecule is CC(C)CC(=O)N(C)C(C)(C)CC(=O)O. The molecule has 1 amide bonds. The molecule has 0 aliphatic heterocycles. The zero-order chi connectivity index (χ0) is 12.2. The Morgan fingerprint density at radius 2 is 1.80 bits per heavy atom. The molecule has 0 spiro atoms. The lowest BCUT2D eigenvalue weighted by atomic mass is 9.97. The van der Waals surface area contributed by atoms with Crippen molar-refractivity contribution in [1.29, 1.82) is 0 Å². The molecule has 15 heavy (non-hydrogen) atoms. The Balaban J connectivity index is 4.46. The molecule has 0 heterocycles. The zero-order valence-corrected chi connectivity index (χ0v) is 10.2. The summed E-state index contributed by atoms with van der Waals surface area (Å²) >= 11 is 0. The molecule has 0 fully saturated rings. The fourth-order valence-electron chi connectivity index (χ4n) is 1.31. The van der Waals surface area contributed by atoms with E-state index >= 15 is 0 Å². The van der Waals surface area contributed by atoms with Gasteiger partial charge in [0.2, 0.25) is 5.91 Å². The molecule has 0 saturated carbocycles. The van der Waals surface area contributed by atoms with Crippen molar-refractivity contribution in [2.45, 2.75) is 46.1 Å². The van der Waals surface area contributed by atoms with Crippen molar-refractivity contribution in [3.63, 3.8) is 0 Å². The van der Waals surface area contributed by atoms with Crippen LogP contribution in [0.5, 0.6) is 0 Å². The molecule has 1 N–H and O–H groups in total. The van der Waals surface area contributed by atoms with Gasteiger partial charge in [0.15, 0.2) is 0 Å². The summed E-state index contributed by atoms with van der Waals surface area (Å²) in [5.74, 6) is -0.596. The summed E-state index contributed by atoms with van der Waals surface area (Å²) in [6, 6.07) is 0. The topological polar surface area (TPSA) is 57.6 Å². The smallest absolute Gasteiger partial charge is 0.305 e. The van der Waals surface area contributed by atoms with Gasteiger partial charge in [0.05, 0.1) is 6.42 Å². The van der Waals surface area contributed by atoms with Crippen LogP contribution in [0, 0.1) is 5.92 Å². The third kappa shape index (κ3) is 4.81. The van der Waals surface area contributed by atoms with E-state index in [0.717, 1.165) is 0 Å². The maximum absolute atomic E-state index is 11.7. The van der Waals surface area contributed by atoms with Crippen LogP contribution in [-0.4, -0.2) is 34.5 Å². The molecule has 0 rings (SSSR count). The van der Waals surface area contributed by atoms with Gasteiger partial charge in [-0.3, -0.25) is 9.59 Å². The first-order chi connectivity index (χ1) is 6.66. The summed E-state index contributed by atoms with van der Waals surface area (Å²) in [6.45, 7) is 7.46. The quantitative estimate of drug-likeness (QED) is 0.760. The molecule has 0 aliphatic carbocycles. The highest BCUT2D eigenvalue weighted by atomic mass is 16.4. The molecule has 0 aromatic heterocycles. The minimum absolute atomic E-state index is 0.00347. The maximum Gasteiger partial charge on any atom is 0.305 e. The first kappa shape index (κ1) is 13.9. The molecule has 0 radical (unpaired) electrons. The molecule has 0 unspecified atom stereocenters. The number of hydrogen-bond donors (Lipinski definition) is 1. The molecule has 0 bridgehead atoms. The lowest BCUT2D eigenvalue weighted by molar-refractivity contribution is -0.143. The van der Waals surface area contributed by atoms with Gasteiger partial charge in [-0.15, -0.1) is 0 Å². The van der Waals surface area contributed by atoms with Crippen molar-refractivity contribution in [3.8, 4) is 0 Å². The Hall–Kier alpha value is -1.06. The molecule has 88 valence electrons. The van der Waals surface area contributed by atoms with Crippen molar-refractivity contribution >= 4 is 11.9 Å². The summed E-state index contributed by atoms with van der Waals surface area (Å²) in [5.41, 5.74) is -0.627. The normalized spacial score (nSPS) is 11.6. The van der Waals surface area contributed by atoms with E-state index in [4.69, 9.17) is 5.11 Å². The molecule has 4 heteroatoms. The average molecular weight is 215 g/mol. The Morgan fingerprint density at radius 1 is 1.33 bits per heavy atom. The third-order valence-electron chi connectivity index (χ3n) is 2.45. The van der Waals surface area contributed by atoms with Crippen LogP contribution >= 0.6 is 0 Å². The van der Waals surface area contributed by atoms with Crippen LogP contribution in [0.15, 0.2) is 0 Å². The minimum Gasteiger partial charge on any atom is -0.481 e. The van der Waals surface area contributed by atoms with Gasteiger partial charge in [0.1, 0.15) is 0 Å². The van der Waals surface area contributed by atoms with E-state index in [2.05, 4.69) is 0 Å². The first-order valence-electron chi connectivity index (χ1n) is 5.15. The molecule has 0 atom stereocenters. The standard InChI is InChI=1S/C11H21NO3/c1-8(2)6-9(13)12(5)11(3,4)7-10(14)15/h8H,6-7H2,1-5H3,(H,14,15). The van der Waals surface area contributed by atoms with E-state index < -0.39 is 11.5 Å². The predicted octanol–water partition coefficient (Wildman–Crippen LogP) is 1.74. The Labute approximate surface area is 91.3 Å². The van der Waals surface area contributed by atoms with E-state index in [-0.39, 0.29) is 12.3 Å². The zero-order valence-electron chi connectivity index (χ0n) is 10.2. The van der Waals surface area contributed by atoms with Crippen LogP contribution in [0.1, 0.15) is 40.5 Å². The highest BCUT2D eigenvalue weighted by Crippen LogP contribution is 2.19. The van der Waals surface area contributed by atoms with Gasteiger partial charge in [-0.05, 0) is 19.8 Å². The third-order valence-corrected chi connectivity index (χ3v) is 2.45. The van der Waals surface area contributed by atoms with Crippen LogP contribution in [0.2, 0.25) is 0 Å². The number of carbonyl (C=O) groups excluding carboxylic acids is 1. The molecular formula is C11H21NO3. The van der Waals surface area contributed by atoms with Crippen LogP contribution in [0.3, 0.4) is 0 Å². The summed E-state index contributed by atoms with van der Waals surface area (Å²) in [4.78, 5) is 23.9. The predicted molar refractivity (Wildman–Crippen MR) is 58.6 cm³/mol. The van der Waals surface area contributed by atoms with Crippen molar-refractivity contribution in [3.05, 3.63) is 0 Å². The van der Waals surface area contributed by atoms with E-state index in [1.54, 1.807) is 20.9 Å². The van der Waals surface area contributed by atoms with E-state index in [9.17, 15) is 9.59 Å². The van der Waals surface area contributed by atoms with Crippen molar-refractivity contribution < 1.29 is 14.7 Å². The average Bonchev–Trinajstić information content (AvgIpc) is 1.98. The monoisotopic (exact) mass is 215 g/mol. The molecule has 0 aromatic carbocycles. The second-order valence-corrected chi connectivity index (χ2v) is 4.93. The summed E-state index contributed by atoms with van der Waals surface area (Å²) in [5, 5.41) is 8.72. The fraction of sp³-hybridized carbons (Fsp3) is 0.818. The fourth-order valence-corrected chi connectivity index (χ4v) is 1.31. The number of carbonyl (C=O) groups is 2. The van der Waals surface area contributed by atoms with Gasteiger partial charge in [0.25, 0.3) is 0 Å². The second-order valence-electron chi connectivity index (χ2n) is 4.93. The summed E-state index contributed by atoms with van der Waals surface area (Å²) < 4.78 is 0. The van der Waals surface area contributed by atoms with Crippen LogP contribution in [-0.2, 0) is 9.59 Å². The lowest BCUT2D eigenvalue weighted by Crippen LogP contribution is -2.46. The lowest BCUT2D eigenvalue weighted by Gasteiger charge is -2.35. The van der Waals surface area contributed by atoms with Crippen LogP contribution < -0.4 is 0 Å². The van der Waals surface area contributed by atoms with Crippen molar-refractivity contribution in [1.82, 2.24) is 4.90 Å². The van der Waals surface area contributed by atoms with E-state index in [1.165, 1.54) is 4.90 Å². The van der Waals surface area contributed by atoms with Gasteiger partial charge in [-0.2, -0.15) is 0 Å². The van der Waals surface area contributed by atoms with Gasteiger partial charge >= 0.3 is 5.97 Å². The van der Waals surface area contributed by atoms with Crippen molar-refractivity contribution in [2.24, 2.45) is 5.92 Å². The number of rotatable bonds is 5. The molecular weight excluding hydrogens is 194 g/mol. The number of aliphatic carboxylic acids is 1. The highest BCUT2D eigenvalue weighted by Gasteiger charge is 2.30. The number of hydrogen-bond acceptors (Lipinski definition) is 2. The van der Waals surface area contributed by atoms with Gasteiger partial charge in [-0.1, -0.05) is 13.8 Å². The second kappa shape index (κ2) is 5.14. The minimum atomic E-state index is -0.885. The highest BCUT2D eigenvalue weighted by molar-refractivity contribution is 5.78. The van der Waals surface area contributed by atoms with Gasteiger partial charge < -0.3 is 10.0 Å². The Morgan fingerprint density at radius 3 is 2.13 bits per heavy atom. The van der Waals surface area contributed by atoms with Crippen LogP contribution in [0.4, 0.5) is 0 Å². The number of carboxylic acid groups (broad SMARTS) is 1. The molecule has 0 aromatic rings. The molecule has 0 aliphatic rings. The van der Waals surface area contributed by atoms with Crippen LogP contribution in [0.25, 0.3) is 0 Å². The van der Waals surface area contributed by atoms with Gasteiger partial charge in [-0.25, -0.2) is 0 Å². The molecule has 4 nitrogen and oxygen atoms in total. The summed E-state index contributed by atoms with van der Waals surface area (Å²) in [7, 11) is 1.66. The Kier molecular flexibility index (Phi) is 4.78.